The summed E-state index contributed by atoms with van der Waals surface area (Å²) in [4.78, 5) is 32.0. The Balaban J connectivity index is 0.000000214. The van der Waals surface area contributed by atoms with Crippen molar-refractivity contribution in [3.63, 3.8) is 0 Å². The number of nitrogens with one attached hydrogen (secondary N) is 4. The third-order valence-electron chi connectivity index (χ3n) is 8.38. The molecule has 6 aromatic rings. The zero-order valence-corrected chi connectivity index (χ0v) is 30.9. The molecule has 0 aliphatic carbocycles. The van der Waals surface area contributed by atoms with Gasteiger partial charge in [-0.1, -0.05) is 22.6 Å². The van der Waals surface area contributed by atoms with Crippen molar-refractivity contribution < 1.29 is 18.4 Å². The van der Waals surface area contributed by atoms with Gasteiger partial charge in [-0.25, -0.2) is 28.1 Å². The van der Waals surface area contributed by atoms with E-state index in [0.717, 1.165) is 23.5 Å². The first kappa shape index (κ1) is 40.1. The van der Waals surface area contributed by atoms with Gasteiger partial charge >= 0.3 is 0 Å². The number of nitrogens with zero attached hydrogens (tertiary/aromatic N) is 8. The van der Waals surface area contributed by atoms with Crippen LogP contribution in [0.1, 0.15) is 48.4 Å². The van der Waals surface area contributed by atoms with Gasteiger partial charge < -0.3 is 44.2 Å². The summed E-state index contributed by atoms with van der Waals surface area (Å²) in [6.07, 6.45) is 6.51. The normalized spacial score (nSPS) is 13.0. The monoisotopic (exact) mass is 768 g/mol. The number of rotatable bonds is 14. The Bertz CT molecular complexity index is 2110. The molecule has 56 heavy (non-hydrogen) atoms. The van der Waals surface area contributed by atoms with Crippen molar-refractivity contribution in [1.82, 2.24) is 40.0 Å². The van der Waals surface area contributed by atoms with E-state index in [2.05, 4.69) is 51.9 Å². The van der Waals surface area contributed by atoms with E-state index in [0.29, 0.717) is 11.4 Å². The fourth-order valence-corrected chi connectivity index (χ4v) is 4.86. The van der Waals surface area contributed by atoms with Crippen LogP contribution in [0.2, 0.25) is 0 Å². The first-order valence-electron chi connectivity index (χ1n) is 17.2. The maximum atomic E-state index is 14.4. The number of amides is 2. The number of pyridine rings is 2. The molecule has 0 aliphatic heterocycles. The first-order valence-corrected chi connectivity index (χ1v) is 17.2. The van der Waals surface area contributed by atoms with E-state index in [9.17, 15) is 18.4 Å². The minimum Gasteiger partial charge on any atom is -0.365 e. The van der Waals surface area contributed by atoms with Gasteiger partial charge in [-0.15, -0.1) is 10.2 Å². The number of benzene rings is 2. The third-order valence-corrected chi connectivity index (χ3v) is 8.38. The number of carbonyl (C=O) groups is 2. The van der Waals surface area contributed by atoms with Crippen molar-refractivity contribution in [3.05, 3.63) is 108 Å². The van der Waals surface area contributed by atoms with Crippen LogP contribution in [0.3, 0.4) is 0 Å². The number of aromatic nitrogens is 8. The Kier molecular flexibility index (Phi) is 12.8. The fraction of sp³-hybridized carbons (Fsp3) is 0.222. The molecule has 0 radical (unpaired) electrons. The number of hydrogen-bond acceptors (Lipinski definition) is 14. The van der Waals surface area contributed by atoms with Crippen molar-refractivity contribution in [2.75, 3.05) is 21.3 Å². The highest BCUT2D eigenvalue weighted by atomic mass is 19.1. The standard InChI is InChI=1S/2C18H21FN8O/c2*1-10(20)11(2)23-18-15(19)9-14(16(21)28)17(25-18)24-12-4-3-5-13(8-12)27-7-6-22-26-27/h2*3-11H,20H2,1-2H3,(H2,21,28)(H2,23,24,25)/t2*10-,11+/m10/s1. The van der Waals surface area contributed by atoms with Crippen LogP contribution in [-0.2, 0) is 0 Å². The van der Waals surface area contributed by atoms with E-state index in [-0.39, 0.29) is 58.6 Å². The highest BCUT2D eigenvalue weighted by Gasteiger charge is 2.20. The summed E-state index contributed by atoms with van der Waals surface area (Å²) in [7, 11) is 0. The average Bonchev–Trinajstić information content (AvgIpc) is 3.90. The van der Waals surface area contributed by atoms with Crippen LogP contribution in [-0.4, -0.2) is 75.9 Å². The minimum absolute atomic E-state index is 0.0234. The molecule has 6 rings (SSSR count). The van der Waals surface area contributed by atoms with Gasteiger partial charge in [0.25, 0.3) is 11.8 Å². The van der Waals surface area contributed by atoms with Crippen molar-refractivity contribution >= 4 is 46.5 Å². The van der Waals surface area contributed by atoms with Crippen LogP contribution in [0.4, 0.5) is 43.4 Å². The van der Waals surface area contributed by atoms with Crippen molar-refractivity contribution in [3.8, 4) is 11.4 Å². The zero-order valence-electron chi connectivity index (χ0n) is 30.9. The lowest BCUT2D eigenvalue weighted by Crippen LogP contribution is -2.35. The summed E-state index contributed by atoms with van der Waals surface area (Å²) in [6.45, 7) is 7.20. The van der Waals surface area contributed by atoms with Crippen molar-refractivity contribution in [1.29, 1.82) is 0 Å². The van der Waals surface area contributed by atoms with Gasteiger partial charge in [-0.3, -0.25) is 9.59 Å². The minimum atomic E-state index is -0.798. The number of carbonyl (C=O) groups excluding carboxylic acids is 2. The Morgan fingerprint density at radius 2 is 1.02 bits per heavy atom. The van der Waals surface area contributed by atoms with Gasteiger partial charge in [-0.2, -0.15) is 0 Å². The summed E-state index contributed by atoms with van der Waals surface area (Å²) in [5.74, 6) is -2.77. The average molecular weight is 769 g/mol. The van der Waals surface area contributed by atoms with Crippen LogP contribution in [0, 0.1) is 11.6 Å². The number of anilines is 6. The molecule has 4 atom stereocenters. The van der Waals surface area contributed by atoms with E-state index < -0.39 is 23.4 Å². The lowest BCUT2D eigenvalue weighted by molar-refractivity contribution is 0.0992. The zero-order chi connectivity index (χ0) is 40.5. The molecule has 0 aliphatic rings. The van der Waals surface area contributed by atoms with E-state index in [1.807, 2.05) is 26.0 Å². The van der Waals surface area contributed by atoms with Gasteiger partial charge in [-0.05, 0) is 76.2 Å². The lowest BCUT2D eigenvalue weighted by atomic mass is 10.1. The van der Waals surface area contributed by atoms with Crippen LogP contribution in [0.25, 0.3) is 11.4 Å². The molecule has 2 aromatic carbocycles. The molecule has 0 fully saturated rings. The Morgan fingerprint density at radius 3 is 1.34 bits per heavy atom. The molecule has 292 valence electrons. The Morgan fingerprint density at radius 1 is 0.625 bits per heavy atom. The number of nitrogens with two attached hydrogens (primary N) is 4. The summed E-state index contributed by atoms with van der Waals surface area (Å²) in [5, 5.41) is 27.3. The van der Waals surface area contributed by atoms with Gasteiger partial charge in [0, 0.05) is 35.5 Å². The summed E-state index contributed by atoms with van der Waals surface area (Å²) in [6, 6.07) is 15.6. The molecule has 18 nitrogen and oxygen atoms in total. The van der Waals surface area contributed by atoms with Gasteiger partial charge in [0.15, 0.2) is 23.3 Å². The molecular formula is C36H42F2N16O2. The molecule has 0 saturated carbocycles. The Labute approximate surface area is 320 Å². The number of primary amides is 2. The molecule has 12 N–H and O–H groups in total. The smallest absolute Gasteiger partial charge is 0.252 e. The second kappa shape index (κ2) is 17.8. The predicted octanol–water partition coefficient (Wildman–Crippen LogP) is 3.58. The van der Waals surface area contributed by atoms with E-state index in [1.54, 1.807) is 84.4 Å². The van der Waals surface area contributed by atoms with Gasteiger partial charge in [0.05, 0.1) is 47.3 Å². The molecule has 2 amide bonds. The van der Waals surface area contributed by atoms with E-state index in [4.69, 9.17) is 22.9 Å². The Hall–Kier alpha value is -7.06. The van der Waals surface area contributed by atoms with Crippen molar-refractivity contribution in [2.45, 2.75) is 51.9 Å². The molecule has 20 heteroatoms. The van der Waals surface area contributed by atoms with Crippen LogP contribution >= 0.6 is 0 Å². The third kappa shape index (κ3) is 10.1. The van der Waals surface area contributed by atoms with Crippen LogP contribution in [0.15, 0.2) is 85.5 Å². The lowest BCUT2D eigenvalue weighted by Gasteiger charge is -2.20. The highest BCUT2D eigenvalue weighted by Crippen LogP contribution is 2.27. The summed E-state index contributed by atoms with van der Waals surface area (Å²) in [5.41, 5.74) is 25.0. The first-order chi connectivity index (χ1) is 26.7. The van der Waals surface area contributed by atoms with Crippen LogP contribution < -0.4 is 44.2 Å². The number of hydrogen-bond donors (Lipinski definition) is 8. The SMILES string of the molecule is C[C@H](N)[C@@H](C)Nc1nc(Nc2cccc(-n3ccnn3)c2)c(C(N)=O)cc1F.C[C@H](Nc1nc(Nc2cccc(-n3ccnn3)c2)c(C(N)=O)cc1F)[C@@H](C)N. The van der Waals surface area contributed by atoms with E-state index >= 15 is 0 Å². The predicted molar refractivity (Wildman–Crippen MR) is 208 cm³/mol. The topological polar surface area (TPSA) is 274 Å². The maximum Gasteiger partial charge on any atom is 0.252 e. The second-order valence-corrected chi connectivity index (χ2v) is 12.8. The number of halogens is 2. The van der Waals surface area contributed by atoms with Crippen LogP contribution in [0.5, 0.6) is 0 Å². The maximum absolute atomic E-state index is 14.4. The largest absolute Gasteiger partial charge is 0.365 e. The summed E-state index contributed by atoms with van der Waals surface area (Å²) >= 11 is 0. The second-order valence-electron chi connectivity index (χ2n) is 12.8. The van der Waals surface area contributed by atoms with Gasteiger partial charge in [0.2, 0.25) is 0 Å². The van der Waals surface area contributed by atoms with Crippen molar-refractivity contribution in [2.24, 2.45) is 22.9 Å². The molecular weight excluding hydrogens is 727 g/mol. The van der Waals surface area contributed by atoms with Gasteiger partial charge in [0.1, 0.15) is 11.6 Å². The molecule has 0 unspecified atom stereocenters. The fourth-order valence-electron chi connectivity index (χ4n) is 4.86. The molecule has 0 bridgehead atoms. The molecule has 4 heterocycles. The molecule has 0 spiro atoms. The molecule has 4 aromatic heterocycles. The summed E-state index contributed by atoms with van der Waals surface area (Å²) < 4.78 is 31.9. The quantitative estimate of drug-likeness (QED) is 0.0787. The molecule has 0 saturated heterocycles. The van der Waals surface area contributed by atoms with E-state index in [1.165, 1.54) is 0 Å². The highest BCUT2D eigenvalue weighted by molar-refractivity contribution is 5.99.